The zero-order valence-electron chi connectivity index (χ0n) is 15.6. The summed E-state index contributed by atoms with van der Waals surface area (Å²) in [5, 5.41) is 0.966. The molecule has 0 saturated heterocycles. The SMILES string of the molecule is Cc1cc(C)cc(-c2cc3c4c(cccc4n2)C(=O)c2c(C)cccc2-3)c1. The van der Waals surface area contributed by atoms with Gasteiger partial charge >= 0.3 is 0 Å². The second kappa shape index (κ2) is 5.62. The lowest BCUT2D eigenvalue weighted by Gasteiger charge is -2.22. The molecule has 27 heavy (non-hydrogen) atoms. The Morgan fingerprint density at radius 3 is 2.22 bits per heavy atom. The fraction of sp³-hybridized carbons (Fsp3) is 0.120. The number of carbonyl (C=O) groups is 1. The van der Waals surface area contributed by atoms with Gasteiger partial charge in [0.05, 0.1) is 11.2 Å². The van der Waals surface area contributed by atoms with E-state index in [1.807, 2.05) is 37.3 Å². The van der Waals surface area contributed by atoms with Gasteiger partial charge in [0.1, 0.15) is 0 Å². The highest BCUT2D eigenvalue weighted by Gasteiger charge is 2.27. The van der Waals surface area contributed by atoms with E-state index in [0.717, 1.165) is 50.0 Å². The summed E-state index contributed by atoms with van der Waals surface area (Å²) < 4.78 is 0. The van der Waals surface area contributed by atoms with Gasteiger partial charge in [-0.2, -0.15) is 0 Å². The van der Waals surface area contributed by atoms with E-state index in [9.17, 15) is 4.79 Å². The number of nitrogens with zero attached hydrogens (tertiary/aromatic N) is 1. The maximum Gasteiger partial charge on any atom is 0.194 e. The molecule has 3 aromatic carbocycles. The molecular weight excluding hydrogens is 330 g/mol. The molecule has 1 aromatic heterocycles. The molecule has 1 aliphatic rings. The maximum atomic E-state index is 13.1. The quantitative estimate of drug-likeness (QED) is 0.369. The normalized spacial score (nSPS) is 12.3. The minimum absolute atomic E-state index is 0.0992. The van der Waals surface area contributed by atoms with Crippen LogP contribution in [0.25, 0.3) is 33.3 Å². The maximum absolute atomic E-state index is 13.1. The van der Waals surface area contributed by atoms with Gasteiger partial charge in [-0.3, -0.25) is 4.79 Å². The molecule has 0 atom stereocenters. The third kappa shape index (κ3) is 2.33. The van der Waals surface area contributed by atoms with E-state index in [4.69, 9.17) is 4.98 Å². The number of aryl methyl sites for hydroxylation is 3. The Bertz CT molecular complexity index is 1250. The zero-order chi connectivity index (χ0) is 18.7. The lowest BCUT2D eigenvalue weighted by Crippen LogP contribution is -2.12. The van der Waals surface area contributed by atoms with Gasteiger partial charge in [-0.15, -0.1) is 0 Å². The number of ketones is 1. The summed E-state index contributed by atoms with van der Waals surface area (Å²) >= 11 is 0. The first-order valence-electron chi connectivity index (χ1n) is 9.20. The molecule has 1 aliphatic carbocycles. The molecule has 0 spiro atoms. The van der Waals surface area contributed by atoms with Gasteiger partial charge < -0.3 is 0 Å². The average molecular weight is 349 g/mol. The van der Waals surface area contributed by atoms with Crippen molar-refractivity contribution in [2.45, 2.75) is 20.8 Å². The first kappa shape index (κ1) is 16.0. The van der Waals surface area contributed by atoms with E-state index in [1.165, 1.54) is 11.1 Å². The lowest BCUT2D eigenvalue weighted by atomic mass is 9.81. The molecule has 0 aliphatic heterocycles. The third-order valence-corrected chi connectivity index (χ3v) is 5.39. The van der Waals surface area contributed by atoms with Crippen molar-refractivity contribution < 1.29 is 4.79 Å². The second-order valence-electron chi connectivity index (χ2n) is 7.46. The van der Waals surface area contributed by atoms with Crippen molar-refractivity contribution in [3.05, 3.63) is 88.5 Å². The zero-order valence-corrected chi connectivity index (χ0v) is 15.6. The number of hydrogen-bond acceptors (Lipinski definition) is 2. The van der Waals surface area contributed by atoms with E-state index in [-0.39, 0.29) is 5.78 Å². The molecule has 130 valence electrons. The van der Waals surface area contributed by atoms with Crippen LogP contribution in [-0.2, 0) is 0 Å². The van der Waals surface area contributed by atoms with E-state index in [0.29, 0.717) is 0 Å². The highest BCUT2D eigenvalue weighted by molar-refractivity contribution is 6.26. The number of pyridine rings is 1. The third-order valence-electron chi connectivity index (χ3n) is 5.39. The standard InChI is InChI=1S/C25H19NO/c1-14-10-15(2)12-17(11-14)22-13-20-18-7-4-6-16(3)23(18)25(27)19-8-5-9-21(26-22)24(19)20/h4-13H,1-3H3. The van der Waals surface area contributed by atoms with Crippen molar-refractivity contribution >= 4 is 16.7 Å². The highest BCUT2D eigenvalue weighted by Crippen LogP contribution is 2.41. The average Bonchev–Trinajstić information content (AvgIpc) is 2.64. The van der Waals surface area contributed by atoms with Crippen molar-refractivity contribution in [3.8, 4) is 22.4 Å². The van der Waals surface area contributed by atoms with Crippen molar-refractivity contribution in [1.82, 2.24) is 4.98 Å². The van der Waals surface area contributed by atoms with Crippen LogP contribution < -0.4 is 0 Å². The molecule has 1 heterocycles. The number of fused-ring (bicyclic) bond motifs is 2. The first-order chi connectivity index (χ1) is 13.0. The van der Waals surface area contributed by atoms with E-state index < -0.39 is 0 Å². The molecule has 0 amide bonds. The Morgan fingerprint density at radius 2 is 1.44 bits per heavy atom. The summed E-state index contributed by atoms with van der Waals surface area (Å²) in [7, 11) is 0. The lowest BCUT2D eigenvalue weighted by molar-refractivity contribution is 0.103. The summed E-state index contributed by atoms with van der Waals surface area (Å²) in [6, 6.07) is 20.6. The fourth-order valence-corrected chi connectivity index (χ4v) is 4.29. The molecule has 2 nitrogen and oxygen atoms in total. The van der Waals surface area contributed by atoms with Gasteiger partial charge in [0.2, 0.25) is 0 Å². The van der Waals surface area contributed by atoms with Crippen LogP contribution in [0.1, 0.15) is 32.6 Å². The van der Waals surface area contributed by atoms with Crippen molar-refractivity contribution in [2.75, 3.05) is 0 Å². The number of carbonyl (C=O) groups excluding carboxylic acids is 1. The Balaban J connectivity index is 1.90. The summed E-state index contributed by atoms with van der Waals surface area (Å²) in [5.74, 6) is 0.0992. The van der Waals surface area contributed by atoms with Crippen LogP contribution in [0.2, 0.25) is 0 Å². The van der Waals surface area contributed by atoms with Gasteiger partial charge in [0, 0.05) is 22.1 Å². The van der Waals surface area contributed by atoms with Crippen LogP contribution in [0, 0.1) is 20.8 Å². The molecule has 0 bridgehead atoms. The van der Waals surface area contributed by atoms with Crippen molar-refractivity contribution in [1.29, 1.82) is 0 Å². The van der Waals surface area contributed by atoms with Gasteiger partial charge in [0.15, 0.2) is 5.78 Å². The summed E-state index contributed by atoms with van der Waals surface area (Å²) in [5.41, 5.74) is 10.1. The summed E-state index contributed by atoms with van der Waals surface area (Å²) in [4.78, 5) is 18.0. The molecule has 2 heteroatoms. The predicted octanol–water partition coefficient (Wildman–Crippen LogP) is 6.04. The van der Waals surface area contributed by atoms with Crippen LogP contribution >= 0.6 is 0 Å². The van der Waals surface area contributed by atoms with E-state index >= 15 is 0 Å². The summed E-state index contributed by atoms with van der Waals surface area (Å²) in [6.45, 7) is 6.22. The number of hydrogen-bond donors (Lipinski definition) is 0. The largest absolute Gasteiger partial charge is 0.289 e. The van der Waals surface area contributed by atoms with Crippen LogP contribution in [0.3, 0.4) is 0 Å². The topological polar surface area (TPSA) is 30.0 Å². The smallest absolute Gasteiger partial charge is 0.194 e. The molecule has 0 saturated carbocycles. The molecule has 5 rings (SSSR count). The van der Waals surface area contributed by atoms with Crippen molar-refractivity contribution in [2.24, 2.45) is 0 Å². The molecule has 0 N–H and O–H groups in total. The minimum Gasteiger partial charge on any atom is -0.289 e. The predicted molar refractivity (Wildman–Crippen MR) is 110 cm³/mol. The Kier molecular flexibility index (Phi) is 3.32. The monoisotopic (exact) mass is 349 g/mol. The Morgan fingerprint density at radius 1 is 0.741 bits per heavy atom. The van der Waals surface area contributed by atoms with Crippen LogP contribution in [0.15, 0.2) is 60.7 Å². The summed E-state index contributed by atoms with van der Waals surface area (Å²) in [6.07, 6.45) is 0. The highest BCUT2D eigenvalue weighted by atomic mass is 16.1. The number of aromatic nitrogens is 1. The van der Waals surface area contributed by atoms with Crippen molar-refractivity contribution in [3.63, 3.8) is 0 Å². The van der Waals surface area contributed by atoms with Crippen LogP contribution in [-0.4, -0.2) is 10.8 Å². The second-order valence-corrected chi connectivity index (χ2v) is 7.46. The minimum atomic E-state index is 0.0992. The molecule has 0 unspecified atom stereocenters. The number of rotatable bonds is 1. The molecule has 0 radical (unpaired) electrons. The Labute approximate surface area is 158 Å². The molecule has 4 aromatic rings. The molecular formula is C25H19NO. The van der Waals surface area contributed by atoms with Gasteiger partial charge in [-0.1, -0.05) is 47.5 Å². The van der Waals surface area contributed by atoms with Crippen LogP contribution in [0.5, 0.6) is 0 Å². The van der Waals surface area contributed by atoms with Gasteiger partial charge in [0.25, 0.3) is 0 Å². The Hall–Kier alpha value is -3.26. The van der Waals surface area contributed by atoms with Gasteiger partial charge in [-0.05, 0) is 61.7 Å². The van der Waals surface area contributed by atoms with E-state index in [1.54, 1.807) is 0 Å². The first-order valence-corrected chi connectivity index (χ1v) is 9.20. The molecule has 0 fully saturated rings. The van der Waals surface area contributed by atoms with Gasteiger partial charge in [-0.25, -0.2) is 4.98 Å². The van der Waals surface area contributed by atoms with Crippen LogP contribution in [0.4, 0.5) is 0 Å². The number of benzene rings is 3. The van der Waals surface area contributed by atoms with E-state index in [2.05, 4.69) is 44.2 Å². The fourth-order valence-electron chi connectivity index (χ4n) is 4.29.